The van der Waals surface area contributed by atoms with Gasteiger partial charge in [0.25, 0.3) is 10.0 Å². The smallest absolute Gasteiger partial charge is 0.252 e. The van der Waals surface area contributed by atoms with E-state index in [0.29, 0.717) is 29.2 Å². The molecule has 0 unspecified atom stereocenters. The number of nitrogens with one attached hydrogen (secondary N) is 1. The molecule has 1 aromatic carbocycles. The number of benzene rings is 1. The second kappa shape index (κ2) is 7.56. The van der Waals surface area contributed by atoms with Crippen LogP contribution in [0.5, 0.6) is 0 Å². The molecule has 0 radical (unpaired) electrons. The quantitative estimate of drug-likeness (QED) is 0.780. The normalized spacial score (nSPS) is 15.1. The minimum atomic E-state index is -3.45. The van der Waals surface area contributed by atoms with Gasteiger partial charge in [0, 0.05) is 29.2 Å². The van der Waals surface area contributed by atoms with Crippen LogP contribution in [0, 0.1) is 0 Å². The van der Waals surface area contributed by atoms with Crippen molar-refractivity contribution in [1.29, 1.82) is 0 Å². The second-order valence-corrected chi connectivity index (χ2v) is 9.33. The molecule has 0 atom stereocenters. The van der Waals surface area contributed by atoms with Crippen molar-refractivity contribution in [2.24, 2.45) is 5.73 Å². The van der Waals surface area contributed by atoms with E-state index in [4.69, 9.17) is 5.73 Å². The number of nitrogens with zero attached hydrogens (tertiary/aromatic N) is 1. The fourth-order valence-corrected chi connectivity index (χ4v) is 5.75. The summed E-state index contributed by atoms with van der Waals surface area (Å²) in [5.41, 5.74) is 6.07. The topological polar surface area (TPSA) is 110 Å². The van der Waals surface area contributed by atoms with E-state index in [1.165, 1.54) is 16.4 Å². The van der Waals surface area contributed by atoms with Crippen LogP contribution in [0.15, 0.2) is 40.6 Å². The Morgan fingerprint density at radius 2 is 1.73 bits per heavy atom. The molecule has 7 nitrogen and oxygen atoms in total. The van der Waals surface area contributed by atoms with Crippen LogP contribution in [-0.4, -0.2) is 37.6 Å². The van der Waals surface area contributed by atoms with E-state index in [0.717, 1.165) is 24.2 Å². The van der Waals surface area contributed by atoms with Crippen LogP contribution in [0.25, 0.3) is 0 Å². The molecule has 138 valence electrons. The Hall–Kier alpha value is -2.23. The molecular weight excluding hydrogens is 374 g/mol. The first-order valence-corrected chi connectivity index (χ1v) is 10.4. The molecule has 9 heteroatoms. The number of amides is 2. The number of thiophene rings is 1. The third kappa shape index (κ3) is 4.12. The summed E-state index contributed by atoms with van der Waals surface area (Å²) in [6, 6.07) is 9.48. The minimum absolute atomic E-state index is 0.0811. The summed E-state index contributed by atoms with van der Waals surface area (Å²) in [7, 11) is -3.45. The molecule has 1 aliphatic heterocycles. The molecule has 1 saturated heterocycles. The van der Waals surface area contributed by atoms with Crippen LogP contribution in [0.3, 0.4) is 0 Å². The number of sulfonamides is 1. The van der Waals surface area contributed by atoms with Crippen LogP contribution in [-0.2, 0) is 21.2 Å². The Bertz CT molecular complexity index is 914. The highest BCUT2D eigenvalue weighted by atomic mass is 32.2. The Morgan fingerprint density at radius 3 is 2.35 bits per heavy atom. The summed E-state index contributed by atoms with van der Waals surface area (Å²) in [4.78, 5) is 23.9. The van der Waals surface area contributed by atoms with Gasteiger partial charge in [-0.05, 0) is 49.2 Å². The number of anilines is 1. The van der Waals surface area contributed by atoms with Gasteiger partial charge in [-0.15, -0.1) is 11.3 Å². The first-order valence-electron chi connectivity index (χ1n) is 8.15. The summed E-state index contributed by atoms with van der Waals surface area (Å²) in [5, 5.41) is 2.72. The van der Waals surface area contributed by atoms with Crippen LogP contribution in [0.1, 0.15) is 28.1 Å². The van der Waals surface area contributed by atoms with Gasteiger partial charge < -0.3 is 11.1 Å². The third-order valence-corrected chi connectivity index (χ3v) is 7.54. The summed E-state index contributed by atoms with van der Waals surface area (Å²) < 4.78 is 26.8. The van der Waals surface area contributed by atoms with Crippen molar-refractivity contribution < 1.29 is 18.0 Å². The summed E-state index contributed by atoms with van der Waals surface area (Å²) >= 11 is 1.12. The SMILES string of the molecule is NC(=O)c1ccc(NC(=O)Cc2ccc(S(=O)(=O)N3CCCC3)s2)cc1. The first kappa shape index (κ1) is 18.6. The molecule has 1 aliphatic rings. The summed E-state index contributed by atoms with van der Waals surface area (Å²) in [6.45, 7) is 1.11. The maximum atomic E-state index is 12.5. The minimum Gasteiger partial charge on any atom is -0.366 e. The van der Waals surface area contributed by atoms with Crippen LogP contribution >= 0.6 is 11.3 Å². The lowest BCUT2D eigenvalue weighted by molar-refractivity contribution is -0.115. The van der Waals surface area contributed by atoms with E-state index in [1.807, 2.05) is 0 Å². The van der Waals surface area contributed by atoms with E-state index in [-0.39, 0.29) is 16.5 Å². The summed E-state index contributed by atoms with van der Waals surface area (Å²) in [5.74, 6) is -0.794. The third-order valence-electron chi connectivity index (χ3n) is 4.08. The zero-order valence-electron chi connectivity index (χ0n) is 14.0. The fourth-order valence-electron chi connectivity index (χ4n) is 2.73. The van der Waals surface area contributed by atoms with E-state index < -0.39 is 15.9 Å². The van der Waals surface area contributed by atoms with Gasteiger partial charge in [0.05, 0.1) is 6.42 Å². The zero-order chi connectivity index (χ0) is 18.7. The van der Waals surface area contributed by atoms with Crippen LogP contribution in [0.2, 0.25) is 0 Å². The molecule has 1 fully saturated rings. The fraction of sp³-hybridized carbons (Fsp3) is 0.294. The monoisotopic (exact) mass is 393 g/mol. The highest BCUT2D eigenvalue weighted by molar-refractivity contribution is 7.91. The Labute approximate surface area is 155 Å². The molecule has 26 heavy (non-hydrogen) atoms. The van der Waals surface area contributed by atoms with Gasteiger partial charge in [-0.2, -0.15) is 4.31 Å². The van der Waals surface area contributed by atoms with Gasteiger partial charge >= 0.3 is 0 Å². The molecule has 0 aliphatic carbocycles. The largest absolute Gasteiger partial charge is 0.366 e. The van der Waals surface area contributed by atoms with Gasteiger partial charge in [0.1, 0.15) is 4.21 Å². The molecule has 1 aromatic heterocycles. The standard InChI is InChI=1S/C17H19N3O4S2/c18-17(22)12-3-5-13(6-4-12)19-15(21)11-14-7-8-16(25-14)26(23,24)20-9-1-2-10-20/h3-8H,1-2,9-11H2,(H2,18,22)(H,19,21). The Morgan fingerprint density at radius 1 is 1.08 bits per heavy atom. The van der Waals surface area contributed by atoms with Crippen molar-refractivity contribution in [3.63, 3.8) is 0 Å². The maximum absolute atomic E-state index is 12.5. The number of carbonyl (C=O) groups is 2. The number of hydrogen-bond acceptors (Lipinski definition) is 5. The predicted molar refractivity (Wildman–Crippen MR) is 99.6 cm³/mol. The highest BCUT2D eigenvalue weighted by Gasteiger charge is 2.28. The van der Waals surface area contributed by atoms with Crippen LogP contribution in [0.4, 0.5) is 5.69 Å². The number of primary amides is 1. The lowest BCUT2D eigenvalue weighted by atomic mass is 10.2. The molecule has 2 amide bonds. The van der Waals surface area contributed by atoms with Gasteiger partial charge in [-0.25, -0.2) is 8.42 Å². The van der Waals surface area contributed by atoms with Crippen molar-refractivity contribution in [2.45, 2.75) is 23.5 Å². The average molecular weight is 393 g/mol. The molecular formula is C17H19N3O4S2. The van der Waals surface area contributed by atoms with Crippen LogP contribution < -0.4 is 11.1 Å². The Balaban J connectivity index is 1.63. The van der Waals surface area contributed by atoms with Crippen molar-refractivity contribution in [3.05, 3.63) is 46.8 Å². The molecule has 2 aromatic rings. The van der Waals surface area contributed by atoms with Crippen molar-refractivity contribution >= 4 is 38.9 Å². The molecule has 0 bridgehead atoms. The molecule has 3 N–H and O–H groups in total. The lowest BCUT2D eigenvalue weighted by Crippen LogP contribution is -2.27. The second-order valence-electron chi connectivity index (χ2n) is 6.00. The number of carbonyl (C=O) groups excluding carboxylic acids is 2. The van der Waals surface area contributed by atoms with Crippen molar-refractivity contribution in [2.75, 3.05) is 18.4 Å². The molecule has 3 rings (SSSR count). The van der Waals surface area contributed by atoms with Gasteiger partial charge in [0.2, 0.25) is 11.8 Å². The number of rotatable bonds is 6. The predicted octanol–water partition coefficient (Wildman–Crippen LogP) is 1.81. The number of nitrogens with two attached hydrogens (primary N) is 1. The van der Waals surface area contributed by atoms with E-state index in [9.17, 15) is 18.0 Å². The van der Waals surface area contributed by atoms with Crippen molar-refractivity contribution in [3.8, 4) is 0 Å². The van der Waals surface area contributed by atoms with E-state index in [1.54, 1.807) is 24.3 Å². The Kier molecular flexibility index (Phi) is 5.40. The number of hydrogen-bond donors (Lipinski definition) is 2. The van der Waals surface area contributed by atoms with E-state index in [2.05, 4.69) is 5.32 Å². The van der Waals surface area contributed by atoms with Gasteiger partial charge in [-0.1, -0.05) is 0 Å². The molecule has 0 saturated carbocycles. The molecule has 2 heterocycles. The average Bonchev–Trinajstić information content (AvgIpc) is 3.27. The summed E-state index contributed by atoms with van der Waals surface area (Å²) in [6.07, 6.45) is 1.85. The maximum Gasteiger partial charge on any atom is 0.252 e. The van der Waals surface area contributed by atoms with Crippen molar-refractivity contribution in [1.82, 2.24) is 4.31 Å². The van der Waals surface area contributed by atoms with E-state index >= 15 is 0 Å². The highest BCUT2D eigenvalue weighted by Crippen LogP contribution is 2.27. The lowest BCUT2D eigenvalue weighted by Gasteiger charge is -2.13. The molecule has 0 spiro atoms. The van der Waals surface area contributed by atoms with Gasteiger partial charge in [-0.3, -0.25) is 9.59 Å². The first-order chi connectivity index (χ1) is 12.4. The van der Waals surface area contributed by atoms with Gasteiger partial charge in [0.15, 0.2) is 0 Å². The zero-order valence-corrected chi connectivity index (χ0v) is 15.6.